The maximum absolute atomic E-state index is 13.6. The second-order valence-electron chi connectivity index (χ2n) is 11.3. The first-order chi connectivity index (χ1) is 21.0. The van der Waals surface area contributed by atoms with Gasteiger partial charge in [-0.25, -0.2) is 14.4 Å². The predicted octanol–water partition coefficient (Wildman–Crippen LogP) is 5.16. The van der Waals surface area contributed by atoms with E-state index in [0.29, 0.717) is 16.5 Å². The fraction of sp³-hybridized carbons (Fsp3) is 0.294. The van der Waals surface area contributed by atoms with E-state index >= 15 is 0 Å². The first kappa shape index (κ1) is 31.8. The number of nitrogens with one attached hydrogen (secondary N) is 2. The summed E-state index contributed by atoms with van der Waals surface area (Å²) in [5.74, 6) is -1.28. The smallest absolute Gasteiger partial charge is 0.419 e. The largest absolute Gasteiger partial charge is 0.467 e. The highest BCUT2D eigenvalue weighted by Gasteiger charge is 2.30. The molecule has 0 aliphatic heterocycles. The molecule has 10 nitrogen and oxygen atoms in total. The zero-order valence-corrected chi connectivity index (χ0v) is 25.2. The van der Waals surface area contributed by atoms with Gasteiger partial charge in [0.05, 0.1) is 12.6 Å². The molecule has 0 spiro atoms. The molecule has 2 amide bonds. The van der Waals surface area contributed by atoms with E-state index in [4.69, 9.17) is 14.2 Å². The SMILES string of the molecule is COC(=O)[C@H](Cc1cn(C(=O)OC(C)(C)C)c2ccccc12)NC(=O)[C@H](Cc1ccccc1)NC(=O)OCc1ccccc1. The Bertz CT molecular complexity index is 1590. The zero-order valence-electron chi connectivity index (χ0n) is 25.2. The first-order valence-corrected chi connectivity index (χ1v) is 14.3. The number of hydrogen-bond acceptors (Lipinski definition) is 7. The van der Waals surface area contributed by atoms with Crippen LogP contribution in [0.4, 0.5) is 9.59 Å². The minimum absolute atomic E-state index is 0.0191. The Balaban J connectivity index is 1.55. The highest BCUT2D eigenvalue weighted by molar-refractivity contribution is 5.94. The molecule has 1 aromatic heterocycles. The van der Waals surface area contributed by atoms with Crippen molar-refractivity contribution in [2.45, 2.75) is 57.9 Å². The molecule has 0 fully saturated rings. The molecule has 10 heteroatoms. The maximum Gasteiger partial charge on any atom is 0.419 e. The van der Waals surface area contributed by atoms with Crippen molar-refractivity contribution in [3.63, 3.8) is 0 Å². The number of alkyl carbamates (subject to hydrolysis) is 1. The van der Waals surface area contributed by atoms with Gasteiger partial charge in [0.2, 0.25) is 5.91 Å². The van der Waals surface area contributed by atoms with E-state index in [1.807, 2.05) is 72.8 Å². The van der Waals surface area contributed by atoms with Gasteiger partial charge in [-0.15, -0.1) is 0 Å². The number of methoxy groups -OCH3 is 1. The van der Waals surface area contributed by atoms with E-state index in [1.165, 1.54) is 11.7 Å². The van der Waals surface area contributed by atoms with Crippen molar-refractivity contribution in [2.24, 2.45) is 0 Å². The summed E-state index contributed by atoms with van der Waals surface area (Å²) in [5.41, 5.74) is 2.09. The van der Waals surface area contributed by atoms with Gasteiger partial charge in [-0.1, -0.05) is 78.9 Å². The van der Waals surface area contributed by atoms with Gasteiger partial charge in [0.25, 0.3) is 0 Å². The lowest BCUT2D eigenvalue weighted by molar-refractivity contribution is -0.145. The second-order valence-corrected chi connectivity index (χ2v) is 11.3. The van der Waals surface area contributed by atoms with Gasteiger partial charge < -0.3 is 24.8 Å². The molecule has 0 saturated carbocycles. The van der Waals surface area contributed by atoms with Crippen molar-refractivity contribution in [3.05, 3.63) is 108 Å². The number of benzene rings is 3. The lowest BCUT2D eigenvalue weighted by Crippen LogP contribution is -2.53. The van der Waals surface area contributed by atoms with Crippen LogP contribution in [-0.4, -0.2) is 53.4 Å². The van der Waals surface area contributed by atoms with Crippen molar-refractivity contribution >= 4 is 35.0 Å². The number of ether oxygens (including phenoxy) is 3. The van der Waals surface area contributed by atoms with Gasteiger partial charge in [-0.3, -0.25) is 9.36 Å². The summed E-state index contributed by atoms with van der Waals surface area (Å²) in [5, 5.41) is 6.10. The molecule has 0 aliphatic rings. The van der Waals surface area contributed by atoms with Crippen molar-refractivity contribution in [1.82, 2.24) is 15.2 Å². The Labute approximate surface area is 256 Å². The molecule has 4 aromatic rings. The van der Waals surface area contributed by atoms with Gasteiger partial charge in [-0.2, -0.15) is 0 Å². The fourth-order valence-electron chi connectivity index (χ4n) is 4.67. The number of carbonyl (C=O) groups excluding carboxylic acids is 4. The van der Waals surface area contributed by atoms with Crippen LogP contribution in [0.5, 0.6) is 0 Å². The van der Waals surface area contributed by atoms with E-state index in [-0.39, 0.29) is 19.4 Å². The van der Waals surface area contributed by atoms with Crippen LogP contribution in [0.3, 0.4) is 0 Å². The van der Waals surface area contributed by atoms with E-state index in [1.54, 1.807) is 39.1 Å². The molecule has 4 rings (SSSR count). The van der Waals surface area contributed by atoms with Crippen molar-refractivity contribution in [2.75, 3.05) is 7.11 Å². The minimum atomic E-state index is -1.12. The highest BCUT2D eigenvalue weighted by atomic mass is 16.6. The summed E-state index contributed by atoms with van der Waals surface area (Å²) in [4.78, 5) is 52.3. The minimum Gasteiger partial charge on any atom is -0.467 e. The zero-order chi connectivity index (χ0) is 31.7. The van der Waals surface area contributed by atoms with E-state index < -0.39 is 41.7 Å². The lowest BCUT2D eigenvalue weighted by Gasteiger charge is -2.22. The van der Waals surface area contributed by atoms with Crippen molar-refractivity contribution in [1.29, 1.82) is 0 Å². The quantitative estimate of drug-likeness (QED) is 0.191. The monoisotopic (exact) mass is 599 g/mol. The third-order valence-electron chi connectivity index (χ3n) is 6.71. The molecule has 0 saturated heterocycles. The van der Waals surface area contributed by atoms with Crippen LogP contribution in [-0.2, 0) is 43.2 Å². The van der Waals surface area contributed by atoms with Crippen LogP contribution in [0.1, 0.15) is 37.5 Å². The van der Waals surface area contributed by atoms with Crippen LogP contribution in [0, 0.1) is 0 Å². The molecule has 0 aliphatic carbocycles. The van der Waals surface area contributed by atoms with E-state index in [2.05, 4.69) is 10.6 Å². The molecule has 3 aromatic carbocycles. The van der Waals surface area contributed by atoms with Crippen molar-refractivity contribution < 1.29 is 33.4 Å². The summed E-state index contributed by atoms with van der Waals surface area (Å²) in [6.45, 7) is 5.35. The van der Waals surface area contributed by atoms with Gasteiger partial charge in [-0.05, 0) is 43.5 Å². The average Bonchev–Trinajstić information content (AvgIpc) is 3.37. The summed E-state index contributed by atoms with van der Waals surface area (Å²) in [6.07, 6.45) is 0.422. The van der Waals surface area contributed by atoms with Crippen LogP contribution in [0.15, 0.2) is 91.1 Å². The Morgan fingerprint density at radius 3 is 2.02 bits per heavy atom. The lowest BCUT2D eigenvalue weighted by atomic mass is 10.0. The maximum atomic E-state index is 13.6. The van der Waals surface area contributed by atoms with E-state index in [9.17, 15) is 19.2 Å². The molecule has 230 valence electrons. The highest BCUT2D eigenvalue weighted by Crippen LogP contribution is 2.24. The Morgan fingerprint density at radius 2 is 1.39 bits per heavy atom. The second kappa shape index (κ2) is 14.4. The standard InChI is InChI=1S/C34H37N3O7/c1-34(2,3)44-33(41)37-21-25(26-17-11-12-18-29(26)37)20-28(31(39)42-4)35-30(38)27(19-23-13-7-5-8-14-23)36-32(40)43-22-24-15-9-6-10-16-24/h5-18,21,27-28H,19-20,22H2,1-4H3,(H,35,38)(H,36,40)/t27-,28-/m0/s1. The van der Waals surface area contributed by atoms with Crippen LogP contribution >= 0.6 is 0 Å². The molecule has 0 radical (unpaired) electrons. The average molecular weight is 600 g/mol. The van der Waals surface area contributed by atoms with Gasteiger partial charge >= 0.3 is 18.2 Å². The third-order valence-corrected chi connectivity index (χ3v) is 6.71. The summed E-state index contributed by atoms with van der Waals surface area (Å²) in [7, 11) is 1.23. The molecule has 2 N–H and O–H groups in total. The topological polar surface area (TPSA) is 125 Å². The Morgan fingerprint density at radius 1 is 0.773 bits per heavy atom. The normalized spacial score (nSPS) is 12.5. The predicted molar refractivity (Wildman–Crippen MR) is 165 cm³/mol. The molecule has 0 unspecified atom stereocenters. The number of hydrogen-bond donors (Lipinski definition) is 2. The van der Waals surface area contributed by atoms with Crippen LogP contribution in [0.2, 0.25) is 0 Å². The molecular weight excluding hydrogens is 562 g/mol. The fourth-order valence-corrected chi connectivity index (χ4v) is 4.67. The molecule has 0 bridgehead atoms. The summed E-state index contributed by atoms with van der Waals surface area (Å²) >= 11 is 0. The van der Waals surface area contributed by atoms with Gasteiger partial charge in [0.1, 0.15) is 24.3 Å². The summed E-state index contributed by atoms with van der Waals surface area (Å²) < 4.78 is 17.3. The molecule has 44 heavy (non-hydrogen) atoms. The van der Waals surface area contributed by atoms with Gasteiger partial charge in [0, 0.05) is 24.4 Å². The van der Waals surface area contributed by atoms with Crippen LogP contribution in [0.25, 0.3) is 10.9 Å². The van der Waals surface area contributed by atoms with Gasteiger partial charge in [0.15, 0.2) is 0 Å². The number of para-hydroxylation sites is 1. The molecular formula is C34H37N3O7. The number of fused-ring (bicyclic) bond motifs is 1. The number of rotatable bonds is 10. The Kier molecular flexibility index (Phi) is 10.4. The Hall–Kier alpha value is -5.12. The first-order valence-electron chi connectivity index (χ1n) is 14.3. The van der Waals surface area contributed by atoms with E-state index in [0.717, 1.165) is 11.1 Å². The molecule has 2 atom stereocenters. The number of aromatic nitrogens is 1. The number of nitrogens with zero attached hydrogens (tertiary/aromatic N) is 1. The van der Waals surface area contributed by atoms with Crippen LogP contribution < -0.4 is 10.6 Å². The number of esters is 1. The molecule has 1 heterocycles. The number of amides is 2. The van der Waals surface area contributed by atoms with Crippen molar-refractivity contribution in [3.8, 4) is 0 Å². The number of carbonyl (C=O) groups is 4. The third kappa shape index (κ3) is 8.70. The summed E-state index contributed by atoms with van der Waals surface area (Å²) in [6, 6.07) is 23.4.